The van der Waals surface area contributed by atoms with Crippen molar-refractivity contribution in [1.29, 1.82) is 0 Å². The molecule has 1 aromatic carbocycles. The van der Waals surface area contributed by atoms with E-state index in [-0.39, 0.29) is 5.82 Å². The van der Waals surface area contributed by atoms with Gasteiger partial charge in [-0.15, -0.1) is 11.6 Å². The number of fused-ring (bicyclic) bond motifs is 1. The number of aromatic nitrogens is 2. The number of likely N-dealkylation sites (tertiary alicyclic amines) is 1. The van der Waals surface area contributed by atoms with Crippen LogP contribution in [0.3, 0.4) is 0 Å². The second-order valence-corrected chi connectivity index (χ2v) is 6.86. The van der Waals surface area contributed by atoms with Gasteiger partial charge in [0.25, 0.3) is 0 Å². The summed E-state index contributed by atoms with van der Waals surface area (Å²) < 4.78 is 16.6. The molecule has 2 aromatic rings. The topological polar surface area (TPSA) is 21.1 Å². The summed E-state index contributed by atoms with van der Waals surface area (Å²) in [7, 11) is 2.14. The van der Waals surface area contributed by atoms with Gasteiger partial charge in [0.2, 0.25) is 0 Å². The summed E-state index contributed by atoms with van der Waals surface area (Å²) in [5.41, 5.74) is 1.72. The van der Waals surface area contributed by atoms with E-state index in [4.69, 9.17) is 11.6 Å². The second-order valence-electron chi connectivity index (χ2n) is 5.63. The van der Waals surface area contributed by atoms with Gasteiger partial charge in [-0.3, -0.25) is 0 Å². The summed E-state index contributed by atoms with van der Waals surface area (Å²) in [4.78, 5) is 6.99. The monoisotopic (exact) mass is 373 g/mol. The largest absolute Gasteiger partial charge is 0.325 e. The minimum atomic E-state index is -0.242. The average molecular weight is 375 g/mol. The van der Waals surface area contributed by atoms with Gasteiger partial charge < -0.3 is 9.47 Å². The third-order valence-electron chi connectivity index (χ3n) is 4.18. The first kappa shape index (κ1) is 15.3. The highest BCUT2D eigenvalue weighted by Gasteiger charge is 2.23. The van der Waals surface area contributed by atoms with Gasteiger partial charge in [-0.1, -0.05) is 0 Å². The van der Waals surface area contributed by atoms with E-state index in [0.717, 1.165) is 42.8 Å². The van der Waals surface area contributed by atoms with Crippen LogP contribution in [0.2, 0.25) is 0 Å². The molecule has 1 saturated heterocycles. The Labute approximate surface area is 137 Å². The molecule has 0 atom stereocenters. The zero-order valence-electron chi connectivity index (χ0n) is 12.0. The molecule has 1 aliphatic rings. The van der Waals surface area contributed by atoms with E-state index in [1.807, 2.05) is 0 Å². The Hall–Kier alpha value is -0.650. The van der Waals surface area contributed by atoms with E-state index >= 15 is 0 Å². The van der Waals surface area contributed by atoms with Crippen LogP contribution < -0.4 is 0 Å². The Bertz CT molecular complexity index is 650. The number of hydrogen-bond acceptors (Lipinski definition) is 2. The lowest BCUT2D eigenvalue weighted by Gasteiger charge is -2.31. The van der Waals surface area contributed by atoms with Gasteiger partial charge in [-0.2, -0.15) is 0 Å². The predicted molar refractivity (Wildman–Crippen MR) is 87.6 cm³/mol. The van der Waals surface area contributed by atoms with Crippen molar-refractivity contribution in [3.63, 3.8) is 0 Å². The van der Waals surface area contributed by atoms with E-state index in [0.29, 0.717) is 22.8 Å². The Balaban J connectivity index is 2.09. The lowest BCUT2D eigenvalue weighted by atomic mass is 10.0. The summed E-state index contributed by atoms with van der Waals surface area (Å²) in [5.74, 6) is 1.25. The fourth-order valence-corrected chi connectivity index (χ4v) is 3.56. The molecule has 0 radical (unpaired) electrons. The third-order valence-corrected chi connectivity index (χ3v) is 4.97. The highest BCUT2D eigenvalue weighted by molar-refractivity contribution is 9.10. The van der Waals surface area contributed by atoms with Crippen LogP contribution in [0.25, 0.3) is 11.0 Å². The quantitative estimate of drug-likeness (QED) is 0.758. The number of aryl methyl sites for hydroxylation is 1. The van der Waals surface area contributed by atoms with Crippen molar-refractivity contribution in [3.05, 3.63) is 28.2 Å². The molecule has 0 aliphatic carbocycles. The minimum Gasteiger partial charge on any atom is -0.325 e. The van der Waals surface area contributed by atoms with Gasteiger partial charge in [0.1, 0.15) is 11.6 Å². The lowest BCUT2D eigenvalue weighted by Crippen LogP contribution is -2.32. The molecule has 2 heterocycles. The molecule has 3 rings (SSSR count). The summed E-state index contributed by atoms with van der Waals surface area (Å²) in [5, 5.41) is 0. The van der Waals surface area contributed by atoms with E-state index in [2.05, 4.69) is 37.4 Å². The van der Waals surface area contributed by atoms with E-state index < -0.39 is 0 Å². The zero-order valence-corrected chi connectivity index (χ0v) is 14.3. The Morgan fingerprint density at radius 2 is 2.10 bits per heavy atom. The SMILES string of the molecule is CN1CCC(n2c(CCCl)nc3cc(Br)c(F)cc32)CC1. The van der Waals surface area contributed by atoms with Crippen LogP contribution in [-0.2, 0) is 6.42 Å². The van der Waals surface area contributed by atoms with Gasteiger partial charge in [-0.25, -0.2) is 9.37 Å². The van der Waals surface area contributed by atoms with Gasteiger partial charge >= 0.3 is 0 Å². The maximum atomic E-state index is 13.9. The first-order valence-electron chi connectivity index (χ1n) is 7.20. The molecule has 0 unspecified atom stereocenters. The molecular weight excluding hydrogens is 357 g/mol. The molecule has 0 spiro atoms. The third kappa shape index (κ3) is 2.96. The van der Waals surface area contributed by atoms with Crippen molar-refractivity contribution in [2.45, 2.75) is 25.3 Å². The van der Waals surface area contributed by atoms with Gasteiger partial charge in [-0.05, 0) is 55.0 Å². The van der Waals surface area contributed by atoms with Crippen molar-refractivity contribution in [1.82, 2.24) is 14.5 Å². The number of alkyl halides is 1. The van der Waals surface area contributed by atoms with Crippen molar-refractivity contribution in [2.75, 3.05) is 26.0 Å². The molecule has 1 fully saturated rings. The van der Waals surface area contributed by atoms with Crippen molar-refractivity contribution in [3.8, 4) is 0 Å². The van der Waals surface area contributed by atoms with Crippen LogP contribution in [0.4, 0.5) is 4.39 Å². The summed E-state index contributed by atoms with van der Waals surface area (Å²) in [6.07, 6.45) is 2.84. The van der Waals surface area contributed by atoms with Crippen molar-refractivity contribution >= 4 is 38.6 Å². The maximum Gasteiger partial charge on any atom is 0.139 e. The van der Waals surface area contributed by atoms with Gasteiger partial charge in [0.05, 0.1) is 15.5 Å². The minimum absolute atomic E-state index is 0.242. The fourth-order valence-electron chi connectivity index (χ4n) is 3.06. The lowest BCUT2D eigenvalue weighted by molar-refractivity contribution is 0.221. The first-order valence-corrected chi connectivity index (χ1v) is 8.53. The van der Waals surface area contributed by atoms with Crippen molar-refractivity contribution in [2.24, 2.45) is 0 Å². The smallest absolute Gasteiger partial charge is 0.139 e. The highest BCUT2D eigenvalue weighted by Crippen LogP contribution is 2.31. The number of nitrogens with zero attached hydrogens (tertiary/aromatic N) is 3. The fraction of sp³-hybridized carbons (Fsp3) is 0.533. The van der Waals surface area contributed by atoms with Crippen LogP contribution in [0, 0.1) is 5.82 Å². The van der Waals surface area contributed by atoms with Crippen LogP contribution in [-0.4, -0.2) is 40.5 Å². The van der Waals surface area contributed by atoms with E-state index in [1.54, 1.807) is 12.1 Å². The summed E-state index contributed by atoms with van der Waals surface area (Å²) >= 11 is 9.15. The number of benzene rings is 1. The number of hydrogen-bond donors (Lipinski definition) is 0. The molecule has 0 bridgehead atoms. The molecule has 6 heteroatoms. The van der Waals surface area contributed by atoms with Crippen LogP contribution in [0.5, 0.6) is 0 Å². The molecule has 0 saturated carbocycles. The van der Waals surface area contributed by atoms with Gasteiger partial charge in [0.15, 0.2) is 0 Å². The second kappa shape index (κ2) is 6.23. The number of halogens is 3. The maximum absolute atomic E-state index is 13.9. The van der Waals surface area contributed by atoms with Crippen LogP contribution >= 0.6 is 27.5 Å². The first-order chi connectivity index (χ1) is 10.1. The normalized spacial score (nSPS) is 17.7. The Morgan fingerprint density at radius 1 is 1.38 bits per heavy atom. The molecule has 3 nitrogen and oxygen atoms in total. The van der Waals surface area contributed by atoms with Gasteiger partial charge in [0, 0.05) is 24.4 Å². The molecular formula is C15H18BrClFN3. The molecule has 1 aromatic heterocycles. The zero-order chi connectivity index (χ0) is 15.0. The standard InChI is InChI=1S/C15H18BrClFN3/c1-20-6-3-10(4-7-20)21-14-9-12(18)11(16)8-13(14)19-15(21)2-5-17/h8-10H,2-7H2,1H3. The molecule has 0 amide bonds. The summed E-state index contributed by atoms with van der Waals surface area (Å²) in [6.45, 7) is 2.12. The average Bonchev–Trinajstić information content (AvgIpc) is 2.78. The van der Waals surface area contributed by atoms with E-state index in [9.17, 15) is 4.39 Å². The summed E-state index contributed by atoms with van der Waals surface area (Å²) in [6, 6.07) is 3.72. The Kier molecular flexibility index (Phi) is 4.52. The van der Waals surface area contributed by atoms with Crippen molar-refractivity contribution < 1.29 is 4.39 Å². The highest BCUT2D eigenvalue weighted by atomic mass is 79.9. The number of piperidine rings is 1. The van der Waals surface area contributed by atoms with Crippen LogP contribution in [0.1, 0.15) is 24.7 Å². The molecule has 1 aliphatic heterocycles. The predicted octanol–water partition coefficient (Wildman–Crippen LogP) is 3.99. The number of imidazole rings is 1. The Morgan fingerprint density at radius 3 is 2.76 bits per heavy atom. The molecule has 114 valence electrons. The number of rotatable bonds is 3. The molecule has 21 heavy (non-hydrogen) atoms. The van der Waals surface area contributed by atoms with E-state index in [1.165, 1.54) is 0 Å². The van der Waals surface area contributed by atoms with Crippen LogP contribution in [0.15, 0.2) is 16.6 Å². The molecule has 0 N–H and O–H groups in total.